The number of aliphatic carboxylic acids is 1. The molecule has 1 aliphatic rings. The average Bonchev–Trinajstić information content (AvgIpc) is 3.26. The number of nitrogens with two attached hydrogens (primary N) is 1. The Morgan fingerprint density at radius 2 is 2.09 bits per heavy atom. The van der Waals surface area contributed by atoms with E-state index in [4.69, 9.17) is 17.3 Å². The Morgan fingerprint density at radius 3 is 2.73 bits per heavy atom. The van der Waals surface area contributed by atoms with Gasteiger partial charge in [-0.25, -0.2) is 0 Å². The molecule has 8 nitrogen and oxygen atoms in total. The second-order valence-electron chi connectivity index (χ2n) is 9.29. The molecule has 1 aromatic heterocycles. The summed E-state index contributed by atoms with van der Waals surface area (Å²) >= 11 is 6.34. The van der Waals surface area contributed by atoms with Crippen molar-refractivity contribution in [2.75, 3.05) is 6.54 Å². The quantitative estimate of drug-likeness (QED) is 0.388. The van der Waals surface area contributed by atoms with Gasteiger partial charge in [-0.15, -0.1) is 0 Å². The number of unbranched alkanes of at least 4 members (excludes halogenated alkanes) is 1. The van der Waals surface area contributed by atoms with Gasteiger partial charge >= 0.3 is 13.1 Å². The van der Waals surface area contributed by atoms with Gasteiger partial charge in [0.1, 0.15) is 0 Å². The zero-order valence-corrected chi connectivity index (χ0v) is 20.0. The number of carbonyl (C=O) groups is 1. The molecule has 4 unspecified atom stereocenters. The summed E-state index contributed by atoms with van der Waals surface area (Å²) in [4.78, 5) is 13.7. The highest BCUT2D eigenvalue weighted by Crippen LogP contribution is 2.35. The lowest BCUT2D eigenvalue weighted by atomic mass is 9.71. The van der Waals surface area contributed by atoms with E-state index in [9.17, 15) is 19.9 Å². The van der Waals surface area contributed by atoms with Crippen molar-refractivity contribution in [3.63, 3.8) is 0 Å². The van der Waals surface area contributed by atoms with Gasteiger partial charge in [0.05, 0.1) is 23.8 Å². The van der Waals surface area contributed by atoms with Crippen LogP contribution in [0.1, 0.15) is 58.4 Å². The number of carboxylic acid groups (broad SMARTS) is 1. The molecule has 2 heterocycles. The largest absolute Gasteiger partial charge is 0.481 e. The van der Waals surface area contributed by atoms with Crippen LogP contribution in [-0.2, 0) is 4.79 Å². The highest BCUT2D eigenvalue weighted by molar-refractivity contribution is 6.43. The Balaban J connectivity index is 1.82. The van der Waals surface area contributed by atoms with E-state index in [1.54, 1.807) is 13.1 Å². The summed E-state index contributed by atoms with van der Waals surface area (Å²) in [6.07, 6.45) is 7.38. The van der Waals surface area contributed by atoms with Crippen molar-refractivity contribution in [1.29, 1.82) is 0 Å². The first kappa shape index (κ1) is 25.7. The summed E-state index contributed by atoms with van der Waals surface area (Å²) in [7, 11) is -1.57. The summed E-state index contributed by atoms with van der Waals surface area (Å²) in [5.74, 6) is -2.03. The van der Waals surface area contributed by atoms with Gasteiger partial charge in [-0.2, -0.15) is 5.10 Å². The smallest absolute Gasteiger partial charge is 0.469 e. The van der Waals surface area contributed by atoms with Gasteiger partial charge in [-0.3, -0.25) is 14.4 Å². The third kappa shape index (κ3) is 6.16. The summed E-state index contributed by atoms with van der Waals surface area (Å²) in [6.45, 7) is 4.23. The Kier molecular flexibility index (Phi) is 8.58. The number of hydrogen-bond acceptors (Lipinski definition) is 6. The minimum absolute atomic E-state index is 0.0435. The normalized spacial score (nSPS) is 22.0. The Labute approximate surface area is 200 Å². The summed E-state index contributed by atoms with van der Waals surface area (Å²) in [5, 5.41) is 35.0. The predicted molar refractivity (Wildman–Crippen MR) is 129 cm³/mol. The van der Waals surface area contributed by atoms with Crippen molar-refractivity contribution in [2.24, 2.45) is 11.7 Å². The van der Waals surface area contributed by atoms with E-state index in [1.165, 1.54) is 0 Å². The third-order valence-electron chi connectivity index (χ3n) is 6.68. The fourth-order valence-corrected chi connectivity index (χ4v) is 5.08. The van der Waals surface area contributed by atoms with E-state index in [0.29, 0.717) is 30.8 Å². The molecular weight excluding hydrogens is 443 g/mol. The predicted octanol–water partition coefficient (Wildman–Crippen LogP) is 3.18. The van der Waals surface area contributed by atoms with Crippen LogP contribution in [0.15, 0.2) is 36.7 Å². The molecule has 4 atom stereocenters. The number of hydrogen-bond donors (Lipinski definition) is 4. The lowest BCUT2D eigenvalue weighted by molar-refractivity contribution is -0.143. The van der Waals surface area contributed by atoms with Gasteiger partial charge in [-0.1, -0.05) is 49.6 Å². The van der Waals surface area contributed by atoms with Gasteiger partial charge in [0, 0.05) is 34.8 Å². The van der Waals surface area contributed by atoms with Crippen LogP contribution in [0, 0.1) is 5.92 Å². The van der Waals surface area contributed by atoms with Crippen LogP contribution < -0.4 is 5.73 Å². The Bertz CT molecular complexity index is 939. The number of halogens is 1. The second-order valence-corrected chi connectivity index (χ2v) is 9.70. The van der Waals surface area contributed by atoms with Crippen LogP contribution in [0.3, 0.4) is 0 Å². The number of piperidine rings is 1. The second kappa shape index (κ2) is 11.0. The first-order valence-corrected chi connectivity index (χ1v) is 12.0. The molecule has 33 heavy (non-hydrogen) atoms. The van der Waals surface area contributed by atoms with Gasteiger partial charge in [0.25, 0.3) is 0 Å². The minimum Gasteiger partial charge on any atom is -0.481 e. The molecule has 0 saturated carbocycles. The first-order chi connectivity index (χ1) is 15.6. The van der Waals surface area contributed by atoms with Crippen molar-refractivity contribution in [1.82, 2.24) is 14.7 Å². The van der Waals surface area contributed by atoms with Crippen LogP contribution in [-0.4, -0.2) is 61.1 Å². The lowest BCUT2D eigenvalue weighted by Crippen LogP contribution is -2.65. The minimum atomic E-state index is -1.57. The summed E-state index contributed by atoms with van der Waals surface area (Å²) in [5.41, 5.74) is 7.45. The topological polar surface area (TPSA) is 125 Å². The molecule has 1 aromatic carbocycles. The molecule has 0 bridgehead atoms. The molecule has 5 N–H and O–H groups in total. The fourth-order valence-electron chi connectivity index (χ4n) is 4.84. The SMILES string of the molecule is CCCCC(CC(C)(N)N1CC(n2cc(-c3ccccc3Cl)cn2)CCC1B(O)O)C(=O)O. The molecule has 0 spiro atoms. The molecule has 0 amide bonds. The highest BCUT2D eigenvalue weighted by Gasteiger charge is 2.45. The maximum atomic E-state index is 11.8. The fraction of sp³-hybridized carbons (Fsp3) is 0.565. The number of benzene rings is 1. The van der Waals surface area contributed by atoms with E-state index in [-0.39, 0.29) is 12.5 Å². The molecule has 0 aliphatic carbocycles. The van der Waals surface area contributed by atoms with Gasteiger partial charge in [0.2, 0.25) is 0 Å². The van der Waals surface area contributed by atoms with Crippen molar-refractivity contribution < 1.29 is 19.9 Å². The first-order valence-electron chi connectivity index (χ1n) is 11.6. The standard InChI is InChI=1S/C23H34BClN4O4/c1-3-4-7-16(22(30)31)12-23(2,26)28-15-18(10-11-21(28)24(32)33)29-14-17(13-27-29)19-8-5-6-9-20(19)25/h5-6,8-9,13-14,16,18,21,32-33H,3-4,7,10-12,15,26H2,1-2H3,(H,30,31). The number of carboxylic acids is 1. The number of nitrogens with zero attached hydrogens (tertiary/aromatic N) is 3. The van der Waals surface area contributed by atoms with Crippen LogP contribution in [0.4, 0.5) is 0 Å². The van der Waals surface area contributed by atoms with Gasteiger partial charge < -0.3 is 20.9 Å². The zero-order chi connectivity index (χ0) is 24.2. The van der Waals surface area contributed by atoms with Crippen LogP contribution in [0.2, 0.25) is 5.02 Å². The molecular formula is C23H34BClN4O4. The van der Waals surface area contributed by atoms with Crippen molar-refractivity contribution in [2.45, 2.75) is 70.0 Å². The van der Waals surface area contributed by atoms with E-state index in [1.807, 2.05) is 47.0 Å². The molecule has 1 fully saturated rings. The third-order valence-corrected chi connectivity index (χ3v) is 7.01. The maximum absolute atomic E-state index is 11.8. The molecule has 1 saturated heterocycles. The van der Waals surface area contributed by atoms with Gasteiger partial charge in [0.15, 0.2) is 0 Å². The van der Waals surface area contributed by atoms with Crippen molar-refractivity contribution >= 4 is 24.7 Å². The molecule has 10 heteroatoms. The van der Waals surface area contributed by atoms with Crippen LogP contribution in [0.5, 0.6) is 0 Å². The highest BCUT2D eigenvalue weighted by atomic mass is 35.5. The summed E-state index contributed by atoms with van der Waals surface area (Å²) in [6, 6.07) is 7.53. The number of likely N-dealkylation sites (tertiary alicyclic amines) is 1. The Hall–Kier alpha value is -1.91. The van der Waals surface area contributed by atoms with E-state index in [0.717, 1.165) is 24.0 Å². The summed E-state index contributed by atoms with van der Waals surface area (Å²) < 4.78 is 1.87. The van der Waals surface area contributed by atoms with E-state index in [2.05, 4.69) is 5.10 Å². The molecule has 180 valence electrons. The average molecular weight is 477 g/mol. The lowest BCUT2D eigenvalue weighted by Gasteiger charge is -2.48. The van der Waals surface area contributed by atoms with Gasteiger partial charge in [-0.05, 0) is 38.7 Å². The molecule has 0 radical (unpaired) electrons. The van der Waals surface area contributed by atoms with Crippen LogP contribution >= 0.6 is 11.6 Å². The molecule has 2 aromatic rings. The van der Waals surface area contributed by atoms with E-state index < -0.39 is 30.6 Å². The zero-order valence-electron chi connectivity index (χ0n) is 19.3. The maximum Gasteiger partial charge on any atom is 0.469 e. The molecule has 1 aliphatic heterocycles. The van der Waals surface area contributed by atoms with Crippen molar-refractivity contribution in [3.05, 3.63) is 41.7 Å². The van der Waals surface area contributed by atoms with E-state index >= 15 is 0 Å². The van der Waals surface area contributed by atoms with Crippen LogP contribution in [0.25, 0.3) is 11.1 Å². The monoisotopic (exact) mass is 476 g/mol. The number of aromatic nitrogens is 2. The van der Waals surface area contributed by atoms with Crippen molar-refractivity contribution in [3.8, 4) is 11.1 Å². The Morgan fingerprint density at radius 1 is 1.36 bits per heavy atom. The number of rotatable bonds is 10. The molecule has 3 rings (SSSR count).